The van der Waals surface area contributed by atoms with Crippen molar-refractivity contribution < 1.29 is 12.4 Å². The van der Waals surface area contributed by atoms with E-state index in [1.54, 1.807) is 12.1 Å². The van der Waals surface area contributed by atoms with Gasteiger partial charge in [-0.1, -0.05) is 0 Å². The van der Waals surface area contributed by atoms with Crippen molar-refractivity contribution in [3.8, 4) is 0 Å². The molecular formula is C8H10ClN3. The highest BCUT2D eigenvalue weighted by Crippen LogP contribution is 2.17. The first-order valence-electron chi connectivity index (χ1n) is 3.36. The molecule has 64 valence electrons. The van der Waals surface area contributed by atoms with Crippen LogP contribution in [0.2, 0.25) is 0 Å². The summed E-state index contributed by atoms with van der Waals surface area (Å²) < 4.78 is 0. The molecule has 0 unspecified atom stereocenters. The van der Waals surface area contributed by atoms with Gasteiger partial charge in [0.1, 0.15) is 0 Å². The third-order valence-corrected chi connectivity index (χ3v) is 1.48. The minimum Gasteiger partial charge on any atom is -1.00 e. The van der Waals surface area contributed by atoms with Crippen molar-refractivity contribution >= 4 is 11.4 Å². The highest BCUT2D eigenvalue weighted by Gasteiger charge is 2.02. The standard InChI is InChI=1S/C8H10N3.ClH/c1-11(2)8-5-3-7(10-9)4-6-8;/h3-6H,1-2H3;1H/q+1;/p-1/i9+1;. The van der Waals surface area contributed by atoms with Gasteiger partial charge in [0.2, 0.25) is 5.39 Å². The van der Waals surface area contributed by atoms with Crippen LogP contribution in [0.25, 0.3) is 4.98 Å². The molecule has 3 nitrogen and oxygen atoms in total. The minimum atomic E-state index is 0. The van der Waals surface area contributed by atoms with Gasteiger partial charge in [0.15, 0.2) is 4.98 Å². The van der Waals surface area contributed by atoms with Crippen molar-refractivity contribution in [1.82, 2.24) is 0 Å². The summed E-state index contributed by atoms with van der Waals surface area (Å²) in [6.45, 7) is 0. The van der Waals surface area contributed by atoms with Gasteiger partial charge in [0, 0.05) is 31.9 Å². The van der Waals surface area contributed by atoms with Crippen LogP contribution >= 0.6 is 0 Å². The van der Waals surface area contributed by atoms with E-state index in [9.17, 15) is 0 Å². The van der Waals surface area contributed by atoms with Crippen molar-refractivity contribution in [2.24, 2.45) is 0 Å². The van der Waals surface area contributed by atoms with Crippen molar-refractivity contribution in [3.63, 3.8) is 0 Å². The summed E-state index contributed by atoms with van der Waals surface area (Å²) in [4.78, 5) is 5.04. The molecule has 1 aromatic rings. The smallest absolute Gasteiger partial charge is 0.385 e. The van der Waals surface area contributed by atoms with E-state index in [1.165, 1.54) is 0 Å². The molecule has 0 bridgehead atoms. The molecule has 0 aliphatic carbocycles. The van der Waals surface area contributed by atoms with Crippen LogP contribution in [0.15, 0.2) is 24.3 Å². The van der Waals surface area contributed by atoms with E-state index < -0.39 is 0 Å². The fraction of sp³-hybridized carbons (Fsp3) is 0.250. The van der Waals surface area contributed by atoms with E-state index in [0.29, 0.717) is 5.69 Å². The molecule has 0 fully saturated rings. The van der Waals surface area contributed by atoms with Crippen molar-refractivity contribution in [2.45, 2.75) is 0 Å². The van der Waals surface area contributed by atoms with Crippen LogP contribution in [0, 0.1) is 5.39 Å². The minimum absolute atomic E-state index is 0. The zero-order valence-electron chi connectivity index (χ0n) is 7.03. The first-order chi connectivity index (χ1) is 5.24. The van der Waals surface area contributed by atoms with Gasteiger partial charge in [0.25, 0.3) is 0 Å². The number of benzene rings is 1. The third-order valence-electron chi connectivity index (χ3n) is 1.48. The molecule has 0 saturated heterocycles. The molecule has 0 atom stereocenters. The molecule has 12 heavy (non-hydrogen) atoms. The van der Waals surface area contributed by atoms with Gasteiger partial charge in [-0.05, 0) is 12.1 Å². The Labute approximate surface area is 78.0 Å². The SMILES string of the molecule is CN(C)c1ccc([N+]#[15N])cc1.[Cl-]. The summed E-state index contributed by atoms with van der Waals surface area (Å²) in [5.41, 5.74) is 1.67. The van der Waals surface area contributed by atoms with Gasteiger partial charge < -0.3 is 17.3 Å². The molecule has 0 spiro atoms. The Morgan fingerprint density at radius 3 is 2.00 bits per heavy atom. The number of nitrogens with zero attached hydrogens (tertiary/aromatic N) is 3. The Kier molecular flexibility index (Phi) is 4.09. The Bertz CT molecular complexity index is 273. The molecule has 1 aromatic carbocycles. The molecule has 0 aliphatic rings. The van der Waals surface area contributed by atoms with Gasteiger partial charge in [-0.2, -0.15) is 0 Å². The monoisotopic (exact) mass is 184 g/mol. The van der Waals surface area contributed by atoms with E-state index in [-0.39, 0.29) is 12.4 Å². The van der Waals surface area contributed by atoms with Crippen molar-refractivity contribution in [1.29, 1.82) is 5.39 Å². The summed E-state index contributed by atoms with van der Waals surface area (Å²) in [7, 11) is 3.93. The number of halogens is 1. The average molecular weight is 185 g/mol. The quantitative estimate of drug-likeness (QED) is 0.425. The van der Waals surface area contributed by atoms with Crippen molar-refractivity contribution in [3.05, 3.63) is 29.2 Å². The average Bonchev–Trinajstić information content (AvgIpc) is 2.05. The number of hydrogen-bond donors (Lipinski definition) is 0. The normalized spacial score (nSPS) is 8.08. The molecule has 0 N–H and O–H groups in total. The second kappa shape index (κ2) is 4.58. The second-order valence-electron chi connectivity index (χ2n) is 2.51. The molecule has 0 heterocycles. The summed E-state index contributed by atoms with van der Waals surface area (Å²) in [6.07, 6.45) is 0. The van der Waals surface area contributed by atoms with E-state index in [0.717, 1.165) is 5.69 Å². The zero-order valence-corrected chi connectivity index (χ0v) is 7.78. The Hall–Kier alpha value is -1.27. The number of hydrogen-bond acceptors (Lipinski definition) is 2. The molecule has 0 saturated carbocycles. The summed E-state index contributed by atoms with van der Waals surface area (Å²) in [5.74, 6) is 0. The van der Waals surface area contributed by atoms with E-state index in [2.05, 4.69) is 4.98 Å². The fourth-order valence-electron chi connectivity index (χ4n) is 0.817. The Morgan fingerprint density at radius 2 is 1.67 bits per heavy atom. The Morgan fingerprint density at radius 1 is 1.17 bits per heavy atom. The van der Waals surface area contributed by atoms with Gasteiger partial charge in [0.05, 0.1) is 0 Å². The van der Waals surface area contributed by atoms with E-state index in [1.807, 2.05) is 31.1 Å². The molecule has 0 radical (unpaired) electrons. The van der Waals surface area contributed by atoms with E-state index >= 15 is 0 Å². The maximum absolute atomic E-state index is 8.38. The maximum Gasteiger partial charge on any atom is 0.385 e. The van der Waals surface area contributed by atoms with Gasteiger partial charge in [-0.25, -0.2) is 0 Å². The number of diazo groups is 1. The summed E-state index contributed by atoms with van der Waals surface area (Å²) in [5, 5.41) is 8.38. The lowest BCUT2D eigenvalue weighted by atomic mass is 10.3. The lowest BCUT2D eigenvalue weighted by Gasteiger charge is -2.09. The summed E-state index contributed by atoms with van der Waals surface area (Å²) >= 11 is 0. The maximum atomic E-state index is 8.38. The largest absolute Gasteiger partial charge is 1.00 e. The van der Waals surface area contributed by atoms with Gasteiger partial charge in [-0.15, -0.1) is 0 Å². The third kappa shape index (κ3) is 2.40. The fourth-order valence-corrected chi connectivity index (χ4v) is 0.817. The molecule has 0 amide bonds. The second-order valence-corrected chi connectivity index (χ2v) is 2.51. The molecule has 1 rings (SSSR count). The van der Waals surface area contributed by atoms with E-state index in [4.69, 9.17) is 5.39 Å². The molecule has 0 aliphatic heterocycles. The Balaban J connectivity index is 0.00000121. The number of rotatable bonds is 1. The van der Waals surface area contributed by atoms with Crippen LogP contribution in [0.4, 0.5) is 11.4 Å². The van der Waals surface area contributed by atoms with Crippen LogP contribution in [-0.2, 0) is 0 Å². The molecule has 4 heteroatoms. The predicted octanol–water partition coefficient (Wildman–Crippen LogP) is -0.759. The van der Waals surface area contributed by atoms with Crippen LogP contribution < -0.4 is 17.3 Å². The lowest BCUT2D eigenvalue weighted by molar-refractivity contribution is -0.00000255. The van der Waals surface area contributed by atoms with Gasteiger partial charge >= 0.3 is 5.69 Å². The van der Waals surface area contributed by atoms with Crippen LogP contribution in [-0.4, -0.2) is 14.1 Å². The first-order valence-corrected chi connectivity index (χ1v) is 3.36. The predicted molar refractivity (Wildman–Crippen MR) is 45.5 cm³/mol. The molecular weight excluding hydrogens is 175 g/mol. The zero-order chi connectivity index (χ0) is 8.27. The van der Waals surface area contributed by atoms with Crippen molar-refractivity contribution in [2.75, 3.05) is 19.0 Å². The van der Waals surface area contributed by atoms with Crippen LogP contribution in [0.5, 0.6) is 0 Å². The summed E-state index contributed by atoms with van der Waals surface area (Å²) in [6, 6.07) is 7.31. The van der Waals surface area contributed by atoms with Crippen LogP contribution in [0.1, 0.15) is 0 Å². The van der Waals surface area contributed by atoms with Crippen LogP contribution in [0.3, 0.4) is 0 Å². The highest BCUT2D eigenvalue weighted by atomic mass is 35.5. The lowest BCUT2D eigenvalue weighted by Crippen LogP contribution is -3.00. The first kappa shape index (κ1) is 10.7. The van der Waals surface area contributed by atoms with Gasteiger partial charge in [-0.3, -0.25) is 0 Å². The number of anilines is 1. The topological polar surface area (TPSA) is 31.4 Å². The highest BCUT2D eigenvalue weighted by molar-refractivity contribution is 5.54. The molecule has 0 aromatic heterocycles.